The van der Waals surface area contributed by atoms with Crippen molar-refractivity contribution in [2.45, 2.75) is 38.6 Å². The summed E-state index contributed by atoms with van der Waals surface area (Å²) in [6.07, 6.45) is 4.90. The van der Waals surface area contributed by atoms with E-state index in [1.54, 1.807) is 0 Å². The molecule has 2 aromatic rings. The molecule has 21 heavy (non-hydrogen) atoms. The number of hydrogen-bond donors (Lipinski definition) is 1. The zero-order valence-electron chi connectivity index (χ0n) is 12.5. The first-order chi connectivity index (χ1) is 10.2. The van der Waals surface area contributed by atoms with Crippen LogP contribution < -0.4 is 10.6 Å². The maximum atomic E-state index is 5.84. The van der Waals surface area contributed by atoms with Gasteiger partial charge in [0.25, 0.3) is 0 Å². The Morgan fingerprint density at radius 1 is 1.10 bits per heavy atom. The fourth-order valence-electron chi connectivity index (χ4n) is 3.13. The molecule has 2 N–H and O–H groups in total. The fraction of sp³-hybridized carbons (Fsp3) is 0.412. The maximum absolute atomic E-state index is 5.84. The van der Waals surface area contributed by atoms with Gasteiger partial charge in [-0.3, -0.25) is 0 Å². The Balaban J connectivity index is 1.99. The van der Waals surface area contributed by atoms with Gasteiger partial charge in [0, 0.05) is 18.3 Å². The highest BCUT2D eigenvalue weighted by Crippen LogP contribution is 2.33. The van der Waals surface area contributed by atoms with Crippen LogP contribution >= 0.6 is 0 Å². The van der Waals surface area contributed by atoms with Gasteiger partial charge in [-0.25, -0.2) is 4.98 Å². The zero-order chi connectivity index (χ0) is 14.7. The molecule has 1 aliphatic rings. The number of nitrogen functional groups attached to an aromatic ring is 1. The summed E-state index contributed by atoms with van der Waals surface area (Å²) in [6.45, 7) is 2.99. The minimum atomic E-state index is 0.362. The third-order valence-electron chi connectivity index (χ3n) is 4.09. The second-order valence-corrected chi connectivity index (χ2v) is 5.69. The van der Waals surface area contributed by atoms with Crippen LogP contribution in [0.3, 0.4) is 0 Å². The number of nitrogens with two attached hydrogens (primary N) is 1. The molecule has 1 unspecified atom stereocenters. The van der Waals surface area contributed by atoms with Gasteiger partial charge in [0.15, 0.2) is 0 Å². The van der Waals surface area contributed by atoms with Crippen molar-refractivity contribution in [1.29, 1.82) is 0 Å². The van der Waals surface area contributed by atoms with E-state index < -0.39 is 0 Å². The Morgan fingerprint density at radius 3 is 2.67 bits per heavy atom. The first-order valence-corrected chi connectivity index (χ1v) is 7.67. The molecule has 1 fully saturated rings. The monoisotopic (exact) mass is 282 g/mol. The van der Waals surface area contributed by atoms with Crippen molar-refractivity contribution >= 4 is 11.8 Å². The zero-order valence-corrected chi connectivity index (χ0v) is 12.5. The number of nitrogens with zero attached hydrogens (tertiary/aromatic N) is 3. The average molecular weight is 282 g/mol. The highest BCUT2D eigenvalue weighted by Gasteiger charge is 2.24. The maximum Gasteiger partial charge on any atom is 0.222 e. The van der Waals surface area contributed by atoms with E-state index >= 15 is 0 Å². The molecule has 0 radical (unpaired) electrons. The van der Waals surface area contributed by atoms with Crippen molar-refractivity contribution in [1.82, 2.24) is 9.97 Å². The van der Waals surface area contributed by atoms with Crippen molar-refractivity contribution in [2.24, 2.45) is 0 Å². The number of aryl methyl sites for hydroxylation is 1. The molecule has 0 aliphatic carbocycles. The number of benzene rings is 1. The van der Waals surface area contributed by atoms with Gasteiger partial charge < -0.3 is 10.6 Å². The lowest BCUT2D eigenvalue weighted by Gasteiger charge is -2.31. The molecule has 3 rings (SSSR count). The lowest BCUT2D eigenvalue weighted by atomic mass is 10.0. The number of anilines is 2. The molecule has 110 valence electrons. The predicted molar refractivity (Wildman–Crippen MR) is 86.2 cm³/mol. The molecule has 1 saturated heterocycles. The predicted octanol–water partition coefficient (Wildman–Crippen LogP) is 3.49. The second-order valence-electron chi connectivity index (χ2n) is 5.69. The summed E-state index contributed by atoms with van der Waals surface area (Å²) in [4.78, 5) is 11.1. The van der Waals surface area contributed by atoms with Gasteiger partial charge in [0.05, 0.1) is 6.04 Å². The van der Waals surface area contributed by atoms with Crippen LogP contribution in [0.2, 0.25) is 0 Å². The lowest BCUT2D eigenvalue weighted by Crippen LogP contribution is -2.29. The fourth-order valence-corrected chi connectivity index (χ4v) is 3.13. The SMILES string of the molecule is Cc1cc(N2CCCCCC2c2ccccc2)nc(N)n1. The van der Waals surface area contributed by atoms with Crippen LogP contribution in [0.15, 0.2) is 36.4 Å². The van der Waals surface area contributed by atoms with Gasteiger partial charge in [0.2, 0.25) is 5.95 Å². The van der Waals surface area contributed by atoms with Crippen molar-refractivity contribution in [2.75, 3.05) is 17.2 Å². The van der Waals surface area contributed by atoms with Crippen molar-refractivity contribution in [3.8, 4) is 0 Å². The van der Waals surface area contributed by atoms with Crippen LogP contribution in [-0.2, 0) is 0 Å². The third kappa shape index (κ3) is 3.15. The van der Waals surface area contributed by atoms with Crippen molar-refractivity contribution in [3.63, 3.8) is 0 Å². The van der Waals surface area contributed by atoms with Crippen LogP contribution in [0.25, 0.3) is 0 Å². The molecule has 4 nitrogen and oxygen atoms in total. The summed E-state index contributed by atoms with van der Waals surface area (Å²) in [5.41, 5.74) is 8.12. The van der Waals surface area contributed by atoms with E-state index in [0.717, 1.165) is 24.5 Å². The van der Waals surface area contributed by atoms with E-state index in [0.29, 0.717) is 12.0 Å². The lowest BCUT2D eigenvalue weighted by molar-refractivity contribution is 0.596. The van der Waals surface area contributed by atoms with E-state index in [2.05, 4.69) is 45.2 Å². The average Bonchev–Trinajstić information content (AvgIpc) is 2.73. The van der Waals surface area contributed by atoms with Crippen molar-refractivity contribution < 1.29 is 0 Å². The summed E-state index contributed by atoms with van der Waals surface area (Å²) >= 11 is 0. The molecule has 0 spiro atoms. The van der Waals surface area contributed by atoms with Gasteiger partial charge in [-0.2, -0.15) is 4.98 Å². The Hall–Kier alpha value is -2.10. The van der Waals surface area contributed by atoms with E-state index in [9.17, 15) is 0 Å². The Bertz CT molecular complexity index is 577. The normalized spacial score (nSPS) is 19.3. The largest absolute Gasteiger partial charge is 0.368 e. The van der Waals surface area contributed by atoms with Crippen molar-refractivity contribution in [3.05, 3.63) is 47.7 Å². The Labute approximate surface area is 126 Å². The topological polar surface area (TPSA) is 55.0 Å². The quantitative estimate of drug-likeness (QED) is 0.916. The van der Waals surface area contributed by atoms with Crippen LogP contribution in [0.1, 0.15) is 43.0 Å². The highest BCUT2D eigenvalue weighted by atomic mass is 15.2. The summed E-state index contributed by atoms with van der Waals surface area (Å²) in [6, 6.07) is 13.1. The van der Waals surface area contributed by atoms with E-state index in [1.165, 1.54) is 24.8 Å². The molecular weight excluding hydrogens is 260 g/mol. The molecule has 1 aromatic carbocycles. The third-order valence-corrected chi connectivity index (χ3v) is 4.09. The van der Waals surface area contributed by atoms with Gasteiger partial charge >= 0.3 is 0 Å². The van der Waals surface area contributed by atoms with Crippen LogP contribution in [0.5, 0.6) is 0 Å². The van der Waals surface area contributed by atoms with Gasteiger partial charge in [-0.1, -0.05) is 43.2 Å². The summed E-state index contributed by atoms with van der Waals surface area (Å²) in [5, 5.41) is 0. The molecule has 2 heterocycles. The highest BCUT2D eigenvalue weighted by molar-refractivity contribution is 5.46. The standard InChI is InChI=1S/C17H22N4/c1-13-12-16(20-17(18)19-13)21-11-7-3-6-10-15(21)14-8-4-2-5-9-14/h2,4-5,8-9,12,15H,3,6-7,10-11H2,1H3,(H2,18,19,20). The van der Waals surface area contributed by atoms with E-state index in [1.807, 2.05) is 13.0 Å². The molecule has 0 amide bonds. The molecule has 4 heteroatoms. The van der Waals surface area contributed by atoms with Crippen LogP contribution in [0.4, 0.5) is 11.8 Å². The molecular formula is C17H22N4. The number of rotatable bonds is 2. The molecule has 1 aromatic heterocycles. The summed E-state index contributed by atoms with van der Waals surface area (Å²) in [5.74, 6) is 1.32. The Morgan fingerprint density at radius 2 is 1.90 bits per heavy atom. The van der Waals surface area contributed by atoms with E-state index in [4.69, 9.17) is 5.73 Å². The number of hydrogen-bond acceptors (Lipinski definition) is 4. The summed E-state index contributed by atoms with van der Waals surface area (Å²) < 4.78 is 0. The first kappa shape index (κ1) is 13.9. The minimum Gasteiger partial charge on any atom is -0.368 e. The van der Waals surface area contributed by atoms with Gasteiger partial charge in [-0.15, -0.1) is 0 Å². The van der Waals surface area contributed by atoms with E-state index in [-0.39, 0.29) is 0 Å². The van der Waals surface area contributed by atoms with Crippen LogP contribution in [-0.4, -0.2) is 16.5 Å². The summed E-state index contributed by atoms with van der Waals surface area (Å²) in [7, 11) is 0. The van der Waals surface area contributed by atoms with Crippen LogP contribution in [0, 0.1) is 6.92 Å². The Kier molecular flexibility index (Phi) is 4.04. The second kappa shape index (κ2) is 6.12. The first-order valence-electron chi connectivity index (χ1n) is 7.67. The molecule has 1 atom stereocenters. The van der Waals surface area contributed by atoms with Gasteiger partial charge in [0.1, 0.15) is 5.82 Å². The molecule has 1 aliphatic heterocycles. The smallest absolute Gasteiger partial charge is 0.222 e. The molecule has 0 bridgehead atoms. The molecule has 0 saturated carbocycles. The number of aromatic nitrogens is 2. The van der Waals surface area contributed by atoms with Gasteiger partial charge in [-0.05, 0) is 25.3 Å². The minimum absolute atomic E-state index is 0.362.